The number of imidazole rings is 1. The van der Waals surface area contributed by atoms with Gasteiger partial charge >= 0.3 is 0 Å². The van der Waals surface area contributed by atoms with Crippen molar-refractivity contribution in [1.29, 1.82) is 0 Å². The van der Waals surface area contributed by atoms with Crippen molar-refractivity contribution in [3.8, 4) is 0 Å². The molecular formula is C16H19ClFIN2. The van der Waals surface area contributed by atoms with Crippen molar-refractivity contribution < 1.29 is 4.39 Å². The minimum atomic E-state index is -0.178. The smallest absolute Gasteiger partial charge is 0.138 e. The fourth-order valence-electron chi connectivity index (χ4n) is 3.77. The Hall–Kier alpha value is -0.360. The second kappa shape index (κ2) is 6.03. The summed E-state index contributed by atoms with van der Waals surface area (Å²) in [6.45, 7) is 4.55. The number of hydrogen-bond donors (Lipinski definition) is 0. The Morgan fingerprint density at radius 1 is 1.43 bits per heavy atom. The summed E-state index contributed by atoms with van der Waals surface area (Å²) in [5.41, 5.74) is 1.74. The first-order valence-corrected chi connectivity index (χ1v) is 9.10. The Morgan fingerprint density at radius 3 is 2.81 bits per heavy atom. The van der Waals surface area contributed by atoms with E-state index in [0.717, 1.165) is 29.2 Å². The SMILES string of the molecule is CCC1CCC(n2c(CCl)nc3cc(I)c(F)cc32)C1C. The molecule has 1 aliphatic carbocycles. The summed E-state index contributed by atoms with van der Waals surface area (Å²) in [7, 11) is 0. The lowest BCUT2D eigenvalue weighted by Gasteiger charge is -2.23. The van der Waals surface area contributed by atoms with Gasteiger partial charge in [-0.15, -0.1) is 11.6 Å². The van der Waals surface area contributed by atoms with Crippen LogP contribution in [0.15, 0.2) is 12.1 Å². The van der Waals surface area contributed by atoms with Gasteiger partial charge in [0.25, 0.3) is 0 Å². The number of fused-ring (bicyclic) bond motifs is 1. The maximum atomic E-state index is 14.0. The predicted octanol–water partition coefficient (Wildman–Crippen LogP) is 5.52. The molecule has 21 heavy (non-hydrogen) atoms. The van der Waals surface area contributed by atoms with Gasteiger partial charge < -0.3 is 4.57 Å². The van der Waals surface area contributed by atoms with Gasteiger partial charge in [-0.3, -0.25) is 0 Å². The molecule has 114 valence electrons. The molecule has 0 bridgehead atoms. The van der Waals surface area contributed by atoms with Crippen molar-refractivity contribution in [2.24, 2.45) is 11.8 Å². The molecule has 1 fully saturated rings. The van der Waals surface area contributed by atoms with Gasteiger partial charge in [-0.25, -0.2) is 9.37 Å². The van der Waals surface area contributed by atoms with Gasteiger partial charge in [-0.1, -0.05) is 20.3 Å². The molecule has 2 aromatic rings. The Morgan fingerprint density at radius 2 is 2.19 bits per heavy atom. The normalized spacial score (nSPS) is 25.9. The molecule has 0 spiro atoms. The summed E-state index contributed by atoms with van der Waals surface area (Å²) in [5.74, 6) is 2.37. The molecular weight excluding hydrogens is 402 g/mol. The molecule has 0 saturated heterocycles. The molecule has 5 heteroatoms. The van der Waals surface area contributed by atoms with E-state index in [2.05, 4.69) is 23.4 Å². The zero-order chi connectivity index (χ0) is 15.1. The largest absolute Gasteiger partial charge is 0.323 e. The van der Waals surface area contributed by atoms with Crippen molar-refractivity contribution in [2.45, 2.75) is 45.0 Å². The highest BCUT2D eigenvalue weighted by molar-refractivity contribution is 14.1. The molecule has 1 aliphatic rings. The molecule has 3 atom stereocenters. The maximum Gasteiger partial charge on any atom is 0.138 e. The molecule has 3 rings (SSSR count). The van der Waals surface area contributed by atoms with E-state index in [-0.39, 0.29) is 5.82 Å². The molecule has 1 aromatic carbocycles. The topological polar surface area (TPSA) is 17.8 Å². The Bertz CT molecular complexity index is 670. The quantitative estimate of drug-likeness (QED) is 0.472. The third-order valence-electron chi connectivity index (χ3n) is 4.96. The van der Waals surface area contributed by atoms with Gasteiger partial charge in [0.2, 0.25) is 0 Å². The molecule has 0 radical (unpaired) electrons. The standard InChI is InChI=1S/C16H19ClFIN2/c1-3-10-4-5-14(9(10)2)21-15-6-11(18)12(19)7-13(15)20-16(21)8-17/h6-7,9-10,14H,3-5,8H2,1-2H3. The van der Waals surface area contributed by atoms with Crippen molar-refractivity contribution in [2.75, 3.05) is 0 Å². The first kappa shape index (κ1) is 15.5. The highest BCUT2D eigenvalue weighted by atomic mass is 127. The van der Waals surface area contributed by atoms with Gasteiger partial charge in [-0.2, -0.15) is 0 Å². The fraction of sp³-hybridized carbons (Fsp3) is 0.562. The lowest BCUT2D eigenvalue weighted by molar-refractivity contribution is 0.330. The zero-order valence-corrected chi connectivity index (χ0v) is 15.2. The number of benzene rings is 1. The van der Waals surface area contributed by atoms with Crippen molar-refractivity contribution in [3.05, 3.63) is 27.3 Å². The van der Waals surface area contributed by atoms with E-state index in [4.69, 9.17) is 11.6 Å². The molecule has 1 saturated carbocycles. The number of rotatable bonds is 3. The first-order chi connectivity index (χ1) is 10.1. The monoisotopic (exact) mass is 420 g/mol. The van der Waals surface area contributed by atoms with Gasteiger partial charge in [0.05, 0.1) is 20.5 Å². The summed E-state index contributed by atoms with van der Waals surface area (Å²) in [5, 5.41) is 0. The number of aromatic nitrogens is 2. The van der Waals surface area contributed by atoms with E-state index in [1.165, 1.54) is 12.8 Å². The summed E-state index contributed by atoms with van der Waals surface area (Å²) < 4.78 is 16.8. The van der Waals surface area contributed by atoms with Crippen LogP contribution in [0.2, 0.25) is 0 Å². The van der Waals surface area contributed by atoms with Gasteiger partial charge in [0.1, 0.15) is 11.6 Å². The van der Waals surface area contributed by atoms with Crippen LogP contribution in [0.4, 0.5) is 4.39 Å². The van der Waals surface area contributed by atoms with Crippen LogP contribution in [0.25, 0.3) is 11.0 Å². The van der Waals surface area contributed by atoms with E-state index in [1.807, 2.05) is 28.7 Å². The van der Waals surface area contributed by atoms with Crippen LogP contribution < -0.4 is 0 Å². The molecule has 1 aromatic heterocycles. The zero-order valence-electron chi connectivity index (χ0n) is 12.2. The summed E-state index contributed by atoms with van der Waals surface area (Å²) >= 11 is 8.11. The minimum Gasteiger partial charge on any atom is -0.323 e. The van der Waals surface area contributed by atoms with Crippen LogP contribution in [-0.2, 0) is 5.88 Å². The van der Waals surface area contributed by atoms with E-state index < -0.39 is 0 Å². The van der Waals surface area contributed by atoms with E-state index in [1.54, 1.807) is 6.07 Å². The van der Waals surface area contributed by atoms with Gasteiger partial charge in [0, 0.05) is 12.1 Å². The Labute approximate surface area is 143 Å². The Kier molecular flexibility index (Phi) is 4.46. The number of halogens is 3. The molecule has 2 nitrogen and oxygen atoms in total. The summed E-state index contributed by atoms with van der Waals surface area (Å²) in [4.78, 5) is 4.62. The molecule has 0 amide bonds. The molecule has 1 heterocycles. The highest BCUT2D eigenvalue weighted by Crippen LogP contribution is 2.43. The van der Waals surface area contributed by atoms with Gasteiger partial charge in [-0.05, 0) is 53.3 Å². The van der Waals surface area contributed by atoms with E-state index in [9.17, 15) is 4.39 Å². The number of alkyl halides is 1. The van der Waals surface area contributed by atoms with Crippen LogP contribution in [0.5, 0.6) is 0 Å². The van der Waals surface area contributed by atoms with Crippen LogP contribution >= 0.6 is 34.2 Å². The molecule has 3 unspecified atom stereocenters. The van der Waals surface area contributed by atoms with Crippen LogP contribution in [0, 0.1) is 21.2 Å². The molecule has 0 N–H and O–H groups in total. The second-order valence-corrected chi connectivity index (χ2v) is 7.39. The lowest BCUT2D eigenvalue weighted by Crippen LogP contribution is -2.17. The highest BCUT2D eigenvalue weighted by Gasteiger charge is 2.34. The molecule has 0 aliphatic heterocycles. The average molecular weight is 421 g/mol. The maximum absolute atomic E-state index is 14.0. The van der Waals surface area contributed by atoms with Gasteiger partial charge in [0.15, 0.2) is 0 Å². The lowest BCUT2D eigenvalue weighted by atomic mass is 9.93. The van der Waals surface area contributed by atoms with E-state index >= 15 is 0 Å². The predicted molar refractivity (Wildman–Crippen MR) is 93.2 cm³/mol. The van der Waals surface area contributed by atoms with Crippen molar-refractivity contribution in [3.63, 3.8) is 0 Å². The third kappa shape index (κ3) is 2.58. The number of hydrogen-bond acceptors (Lipinski definition) is 1. The van der Waals surface area contributed by atoms with E-state index in [0.29, 0.717) is 21.4 Å². The third-order valence-corrected chi connectivity index (χ3v) is 6.03. The minimum absolute atomic E-state index is 0.178. The fourth-order valence-corrected chi connectivity index (χ4v) is 4.41. The summed E-state index contributed by atoms with van der Waals surface area (Å²) in [6, 6.07) is 3.81. The summed E-state index contributed by atoms with van der Waals surface area (Å²) in [6.07, 6.45) is 3.56. The van der Waals surface area contributed by atoms with Crippen LogP contribution in [0.3, 0.4) is 0 Å². The average Bonchev–Trinajstić information content (AvgIpc) is 2.99. The van der Waals surface area contributed by atoms with Crippen molar-refractivity contribution >= 4 is 45.2 Å². The Balaban J connectivity index is 2.15. The number of nitrogens with zero attached hydrogens (tertiary/aromatic N) is 2. The van der Waals surface area contributed by atoms with Crippen LogP contribution in [-0.4, -0.2) is 9.55 Å². The second-order valence-electron chi connectivity index (χ2n) is 5.96. The van der Waals surface area contributed by atoms with Crippen molar-refractivity contribution in [1.82, 2.24) is 9.55 Å². The first-order valence-electron chi connectivity index (χ1n) is 7.48. The van der Waals surface area contributed by atoms with Crippen LogP contribution in [0.1, 0.15) is 45.0 Å².